The summed E-state index contributed by atoms with van der Waals surface area (Å²) in [5, 5.41) is -0.0976. The summed E-state index contributed by atoms with van der Waals surface area (Å²) in [6.07, 6.45) is -4.96. The van der Waals surface area contributed by atoms with Crippen LogP contribution >= 0.6 is 0 Å². The highest BCUT2D eigenvalue weighted by molar-refractivity contribution is 5.93. The van der Waals surface area contributed by atoms with E-state index in [0.29, 0.717) is 11.1 Å². The summed E-state index contributed by atoms with van der Waals surface area (Å²) in [7, 11) is 1.30. The normalized spacial score (nSPS) is 11.4. The van der Waals surface area contributed by atoms with Crippen molar-refractivity contribution in [3.8, 4) is 22.6 Å². The van der Waals surface area contributed by atoms with Crippen LogP contribution in [0.15, 0.2) is 75.9 Å². The predicted octanol–water partition coefficient (Wildman–Crippen LogP) is 6.02. The molecule has 1 heterocycles. The lowest BCUT2D eigenvalue weighted by atomic mass is 10.0. The van der Waals surface area contributed by atoms with Gasteiger partial charge in [-0.2, -0.15) is 13.2 Å². The molecule has 0 bridgehead atoms. The summed E-state index contributed by atoms with van der Waals surface area (Å²) in [6, 6.07) is 16.3. The molecule has 4 rings (SSSR count). The van der Waals surface area contributed by atoms with Crippen LogP contribution in [-0.2, 0) is 6.18 Å². The molecule has 33 heavy (non-hydrogen) atoms. The van der Waals surface area contributed by atoms with E-state index in [1.165, 1.54) is 37.4 Å². The number of aryl methyl sites for hydroxylation is 1. The third-order valence-corrected chi connectivity index (χ3v) is 5.07. The highest BCUT2D eigenvalue weighted by Crippen LogP contribution is 2.40. The molecular formula is C25H17F3O5. The smallest absolute Gasteiger partial charge is 0.450 e. The van der Waals surface area contributed by atoms with Gasteiger partial charge >= 0.3 is 12.1 Å². The van der Waals surface area contributed by atoms with Crippen molar-refractivity contribution in [2.45, 2.75) is 13.1 Å². The summed E-state index contributed by atoms with van der Waals surface area (Å²) >= 11 is 0. The highest BCUT2D eigenvalue weighted by Gasteiger charge is 2.40. The molecule has 0 unspecified atom stereocenters. The maximum Gasteiger partial charge on any atom is 0.450 e. The Bertz CT molecular complexity index is 1420. The van der Waals surface area contributed by atoms with Crippen molar-refractivity contribution in [2.24, 2.45) is 0 Å². The van der Waals surface area contributed by atoms with Gasteiger partial charge in [0.15, 0.2) is 0 Å². The number of carbonyl (C=O) groups excluding carboxylic acids is 1. The Morgan fingerprint density at radius 3 is 2.36 bits per heavy atom. The van der Waals surface area contributed by atoms with Crippen LogP contribution in [-0.4, -0.2) is 13.1 Å². The minimum Gasteiger partial charge on any atom is -0.496 e. The summed E-state index contributed by atoms with van der Waals surface area (Å²) in [4.78, 5) is 25.6. The number of halogens is 3. The van der Waals surface area contributed by atoms with Gasteiger partial charge in [-0.15, -0.1) is 0 Å². The Morgan fingerprint density at radius 2 is 1.67 bits per heavy atom. The number of hydrogen-bond donors (Lipinski definition) is 0. The fourth-order valence-electron chi connectivity index (χ4n) is 3.50. The van der Waals surface area contributed by atoms with E-state index in [1.54, 1.807) is 37.3 Å². The number of alkyl halides is 3. The van der Waals surface area contributed by atoms with Crippen molar-refractivity contribution in [3.63, 3.8) is 0 Å². The van der Waals surface area contributed by atoms with Gasteiger partial charge in [-0.05, 0) is 36.8 Å². The Morgan fingerprint density at radius 1 is 0.970 bits per heavy atom. The number of ether oxygens (including phenoxy) is 2. The zero-order valence-corrected chi connectivity index (χ0v) is 17.5. The number of rotatable bonds is 4. The number of carbonyl (C=O) groups is 1. The monoisotopic (exact) mass is 454 g/mol. The molecule has 1 aromatic heterocycles. The fourth-order valence-corrected chi connectivity index (χ4v) is 3.50. The Balaban J connectivity index is 1.86. The lowest BCUT2D eigenvalue weighted by Gasteiger charge is -2.15. The number of esters is 1. The van der Waals surface area contributed by atoms with Crippen molar-refractivity contribution < 1.29 is 31.9 Å². The van der Waals surface area contributed by atoms with E-state index in [-0.39, 0.29) is 28.0 Å². The van der Waals surface area contributed by atoms with Crippen molar-refractivity contribution in [1.82, 2.24) is 0 Å². The molecule has 0 aliphatic heterocycles. The second kappa shape index (κ2) is 8.46. The van der Waals surface area contributed by atoms with E-state index in [1.807, 2.05) is 0 Å². The molecule has 8 heteroatoms. The molecule has 0 atom stereocenters. The zero-order chi connectivity index (χ0) is 23.8. The number of hydrogen-bond acceptors (Lipinski definition) is 5. The van der Waals surface area contributed by atoms with Gasteiger partial charge in [-0.3, -0.25) is 4.79 Å². The molecule has 0 fully saturated rings. The first kappa shape index (κ1) is 22.1. The van der Waals surface area contributed by atoms with Crippen LogP contribution in [0.2, 0.25) is 0 Å². The first-order valence-electron chi connectivity index (χ1n) is 9.80. The lowest BCUT2D eigenvalue weighted by Crippen LogP contribution is -2.16. The quantitative estimate of drug-likeness (QED) is 0.279. The van der Waals surface area contributed by atoms with E-state index in [4.69, 9.17) is 13.9 Å². The second-order valence-corrected chi connectivity index (χ2v) is 7.20. The van der Waals surface area contributed by atoms with Gasteiger partial charge < -0.3 is 13.9 Å². The second-order valence-electron chi connectivity index (χ2n) is 7.20. The first-order valence-corrected chi connectivity index (χ1v) is 9.80. The fraction of sp³-hybridized carbons (Fsp3) is 0.120. The first-order chi connectivity index (χ1) is 15.7. The minimum atomic E-state index is -4.96. The number of para-hydroxylation sites is 1. The van der Waals surface area contributed by atoms with Gasteiger partial charge in [0.05, 0.1) is 23.6 Å². The van der Waals surface area contributed by atoms with Crippen molar-refractivity contribution in [1.29, 1.82) is 0 Å². The maximum atomic E-state index is 13.9. The van der Waals surface area contributed by atoms with Gasteiger partial charge in [0.25, 0.3) is 0 Å². The summed E-state index contributed by atoms with van der Waals surface area (Å²) in [5.74, 6) is -2.11. The van der Waals surface area contributed by atoms with Crippen LogP contribution in [0.1, 0.15) is 21.7 Å². The van der Waals surface area contributed by atoms with Crippen LogP contribution in [0.4, 0.5) is 13.2 Å². The molecule has 3 aromatic carbocycles. The predicted molar refractivity (Wildman–Crippen MR) is 116 cm³/mol. The Kier molecular flexibility index (Phi) is 5.68. The van der Waals surface area contributed by atoms with E-state index in [0.717, 1.165) is 6.07 Å². The minimum absolute atomic E-state index is 0.0435. The molecule has 0 saturated carbocycles. The summed E-state index contributed by atoms with van der Waals surface area (Å²) in [6.45, 7) is 1.73. The standard InChI is InChI=1S/C25H17F3O5/c1-14-7-3-4-8-16(14)24(30)32-15-11-12-18-20(13-15)33-23(25(26,27)28)21(22(18)29)17-9-5-6-10-19(17)31-2/h3-13H,1-2H3. The molecule has 0 spiro atoms. The molecule has 0 N–H and O–H groups in total. The number of methoxy groups -OCH3 is 1. The Hall–Kier alpha value is -4.07. The SMILES string of the molecule is COc1ccccc1-c1c(C(F)(F)F)oc2cc(OC(=O)c3ccccc3C)ccc2c1=O. The van der Waals surface area contributed by atoms with Crippen LogP contribution in [0.5, 0.6) is 11.5 Å². The summed E-state index contributed by atoms with van der Waals surface area (Å²) in [5.41, 5.74) is -0.960. The number of benzene rings is 3. The lowest BCUT2D eigenvalue weighted by molar-refractivity contribution is -0.152. The van der Waals surface area contributed by atoms with Crippen LogP contribution in [0.25, 0.3) is 22.1 Å². The van der Waals surface area contributed by atoms with Crippen LogP contribution < -0.4 is 14.9 Å². The average Bonchev–Trinajstić information content (AvgIpc) is 2.78. The van der Waals surface area contributed by atoms with Crippen molar-refractivity contribution in [3.05, 3.63) is 93.8 Å². The molecule has 0 saturated heterocycles. The van der Waals surface area contributed by atoms with Crippen molar-refractivity contribution in [2.75, 3.05) is 7.11 Å². The van der Waals surface area contributed by atoms with Gasteiger partial charge in [0, 0.05) is 11.6 Å². The maximum absolute atomic E-state index is 13.9. The molecule has 5 nitrogen and oxygen atoms in total. The van der Waals surface area contributed by atoms with E-state index >= 15 is 0 Å². The molecule has 4 aromatic rings. The van der Waals surface area contributed by atoms with E-state index < -0.39 is 28.9 Å². The highest BCUT2D eigenvalue weighted by atomic mass is 19.4. The largest absolute Gasteiger partial charge is 0.496 e. The molecule has 0 aliphatic rings. The average molecular weight is 454 g/mol. The van der Waals surface area contributed by atoms with E-state index in [9.17, 15) is 22.8 Å². The third-order valence-electron chi connectivity index (χ3n) is 5.07. The molecule has 0 amide bonds. The van der Waals surface area contributed by atoms with Crippen LogP contribution in [0.3, 0.4) is 0 Å². The van der Waals surface area contributed by atoms with Gasteiger partial charge in [0.1, 0.15) is 17.1 Å². The molecule has 0 aliphatic carbocycles. The van der Waals surface area contributed by atoms with Crippen molar-refractivity contribution >= 4 is 16.9 Å². The topological polar surface area (TPSA) is 65.7 Å². The molecular weight excluding hydrogens is 437 g/mol. The van der Waals surface area contributed by atoms with Crippen LogP contribution in [0, 0.1) is 6.92 Å². The third kappa shape index (κ3) is 4.19. The van der Waals surface area contributed by atoms with Gasteiger partial charge in [-0.25, -0.2) is 4.79 Å². The molecule has 168 valence electrons. The zero-order valence-electron chi connectivity index (χ0n) is 17.5. The van der Waals surface area contributed by atoms with Gasteiger partial charge in [-0.1, -0.05) is 36.4 Å². The Labute approximate surface area is 186 Å². The van der Waals surface area contributed by atoms with E-state index in [2.05, 4.69) is 0 Å². The number of fused-ring (bicyclic) bond motifs is 1. The molecule has 0 radical (unpaired) electrons. The van der Waals surface area contributed by atoms with Gasteiger partial charge in [0.2, 0.25) is 11.2 Å². The summed E-state index contributed by atoms with van der Waals surface area (Å²) < 4.78 is 57.3.